The lowest BCUT2D eigenvalue weighted by atomic mass is 9.95. The number of fused-ring (bicyclic) bond motifs is 1. The minimum absolute atomic E-state index is 0. The summed E-state index contributed by atoms with van der Waals surface area (Å²) in [6, 6.07) is 8.45. The van der Waals surface area contributed by atoms with E-state index in [1.807, 2.05) is 0 Å². The van der Waals surface area contributed by atoms with E-state index in [2.05, 4.69) is 41.4 Å². The number of nitrogens with zero attached hydrogens (tertiary/aromatic N) is 2. The smallest absolute Gasteiger partial charge is 0.198 e. The average molecular weight is 431 g/mol. The Kier molecular flexibility index (Phi) is 6.67. The van der Waals surface area contributed by atoms with Crippen molar-refractivity contribution in [2.45, 2.75) is 31.8 Å². The number of aliphatic hydroxyl groups is 1. The molecular weight excluding hydrogens is 405 g/mol. The fourth-order valence-corrected chi connectivity index (χ4v) is 3.08. The van der Waals surface area contributed by atoms with E-state index >= 15 is 0 Å². The Morgan fingerprint density at radius 3 is 2.83 bits per heavy atom. The number of rotatable bonds is 3. The van der Waals surface area contributed by atoms with Crippen LogP contribution in [0.25, 0.3) is 0 Å². The van der Waals surface area contributed by atoms with Crippen LogP contribution in [0.4, 0.5) is 5.69 Å². The second kappa shape index (κ2) is 8.30. The van der Waals surface area contributed by atoms with Crippen molar-refractivity contribution in [2.75, 3.05) is 37.7 Å². The van der Waals surface area contributed by atoms with Crippen LogP contribution in [0.5, 0.6) is 0 Å². The molecule has 0 aromatic heterocycles. The molecule has 2 aliphatic rings. The van der Waals surface area contributed by atoms with E-state index in [0.717, 1.165) is 25.5 Å². The van der Waals surface area contributed by atoms with Crippen LogP contribution < -0.4 is 10.2 Å². The van der Waals surface area contributed by atoms with Gasteiger partial charge in [-0.25, -0.2) is 4.99 Å². The number of guanidine groups is 1. The molecule has 1 fully saturated rings. The summed E-state index contributed by atoms with van der Waals surface area (Å²) in [7, 11) is 0. The monoisotopic (exact) mass is 431 g/mol. The molecule has 5 nitrogen and oxygen atoms in total. The predicted octanol–water partition coefficient (Wildman–Crippen LogP) is 2.17. The molecule has 1 aromatic carbocycles. The second-order valence-corrected chi connectivity index (χ2v) is 6.04. The van der Waals surface area contributed by atoms with Gasteiger partial charge in [-0.15, -0.1) is 24.0 Å². The van der Waals surface area contributed by atoms with Gasteiger partial charge in [0.2, 0.25) is 0 Å². The van der Waals surface area contributed by atoms with Gasteiger partial charge in [0.15, 0.2) is 5.96 Å². The molecule has 2 N–H and O–H groups in total. The summed E-state index contributed by atoms with van der Waals surface area (Å²) in [6.07, 6.45) is 2.36. The van der Waals surface area contributed by atoms with Gasteiger partial charge < -0.3 is 20.1 Å². The number of hydrogen-bond donors (Lipinski definition) is 2. The number of benzene rings is 1. The van der Waals surface area contributed by atoms with Crippen LogP contribution in [0.1, 0.15) is 25.3 Å². The van der Waals surface area contributed by atoms with Gasteiger partial charge in [-0.05, 0) is 25.0 Å². The first-order chi connectivity index (χ1) is 10.7. The van der Waals surface area contributed by atoms with Crippen molar-refractivity contribution >= 4 is 35.6 Å². The van der Waals surface area contributed by atoms with Crippen LogP contribution in [0, 0.1) is 0 Å². The molecule has 1 aromatic rings. The molecule has 0 atom stereocenters. The summed E-state index contributed by atoms with van der Waals surface area (Å²) < 4.78 is 5.33. The molecule has 0 spiro atoms. The van der Waals surface area contributed by atoms with Crippen LogP contribution >= 0.6 is 24.0 Å². The Hall–Kier alpha value is -0.860. The highest BCUT2D eigenvalue weighted by molar-refractivity contribution is 14.0. The number of nitrogens with one attached hydrogen (secondary N) is 1. The lowest BCUT2D eigenvalue weighted by molar-refractivity contribution is -0.0565. The molecule has 0 saturated carbocycles. The highest BCUT2D eigenvalue weighted by Gasteiger charge is 2.30. The zero-order valence-electron chi connectivity index (χ0n) is 13.6. The van der Waals surface area contributed by atoms with Crippen LogP contribution in [-0.4, -0.2) is 49.5 Å². The van der Waals surface area contributed by atoms with Crippen molar-refractivity contribution in [3.63, 3.8) is 0 Å². The minimum Gasteiger partial charge on any atom is -0.388 e. The van der Waals surface area contributed by atoms with Crippen molar-refractivity contribution in [3.8, 4) is 0 Å². The third kappa shape index (κ3) is 4.36. The lowest BCUT2D eigenvalue weighted by Gasteiger charge is -2.31. The standard InChI is InChI=1S/C17H25N3O2.HI/c1-2-18-16(19-13-17(21)8-11-22-12-9-17)20-10-7-14-5-3-4-6-15(14)20;/h3-6,21H,2,7-13H2,1H3,(H,18,19);1H. The van der Waals surface area contributed by atoms with Gasteiger partial charge in [-0.2, -0.15) is 0 Å². The summed E-state index contributed by atoms with van der Waals surface area (Å²) >= 11 is 0. The first-order valence-electron chi connectivity index (χ1n) is 8.16. The number of halogens is 1. The van der Waals surface area contributed by atoms with Gasteiger partial charge >= 0.3 is 0 Å². The fraction of sp³-hybridized carbons (Fsp3) is 0.588. The Labute approximate surface area is 155 Å². The molecule has 0 bridgehead atoms. The Bertz CT molecular complexity index is 544. The molecule has 3 rings (SSSR count). The summed E-state index contributed by atoms with van der Waals surface area (Å²) in [5, 5.41) is 13.9. The fourth-order valence-electron chi connectivity index (χ4n) is 3.08. The third-order valence-electron chi connectivity index (χ3n) is 4.42. The van der Waals surface area contributed by atoms with Crippen molar-refractivity contribution in [1.29, 1.82) is 0 Å². The highest BCUT2D eigenvalue weighted by Crippen LogP contribution is 2.28. The predicted molar refractivity (Wildman–Crippen MR) is 104 cm³/mol. The zero-order valence-corrected chi connectivity index (χ0v) is 16.0. The maximum Gasteiger partial charge on any atom is 0.198 e. The van der Waals surface area contributed by atoms with Crippen molar-refractivity contribution in [1.82, 2.24) is 5.32 Å². The zero-order chi connectivity index (χ0) is 15.4. The average Bonchev–Trinajstić information content (AvgIpc) is 2.96. The normalized spacial score (nSPS) is 19.9. The Balaban J connectivity index is 0.00000192. The Morgan fingerprint density at radius 1 is 1.35 bits per heavy atom. The van der Waals surface area contributed by atoms with Gasteiger partial charge in [0, 0.05) is 44.8 Å². The van der Waals surface area contributed by atoms with E-state index in [1.54, 1.807) is 0 Å². The van der Waals surface area contributed by atoms with Crippen molar-refractivity contribution in [3.05, 3.63) is 29.8 Å². The maximum absolute atomic E-state index is 10.6. The second-order valence-electron chi connectivity index (χ2n) is 6.04. The first-order valence-corrected chi connectivity index (χ1v) is 8.16. The Morgan fingerprint density at radius 2 is 2.09 bits per heavy atom. The molecule has 6 heteroatoms. The van der Waals surface area contributed by atoms with E-state index in [1.165, 1.54) is 11.3 Å². The van der Waals surface area contributed by atoms with Crippen LogP contribution in [-0.2, 0) is 11.2 Å². The number of anilines is 1. The van der Waals surface area contributed by atoms with E-state index < -0.39 is 5.60 Å². The molecule has 2 aliphatic heterocycles. The largest absolute Gasteiger partial charge is 0.388 e. The topological polar surface area (TPSA) is 57.1 Å². The number of hydrogen-bond acceptors (Lipinski definition) is 3. The minimum atomic E-state index is -0.724. The number of ether oxygens (including phenoxy) is 1. The first kappa shape index (κ1) is 18.5. The van der Waals surface area contributed by atoms with Gasteiger partial charge in [0.1, 0.15) is 0 Å². The molecule has 1 saturated heterocycles. The molecule has 0 radical (unpaired) electrons. The summed E-state index contributed by atoms with van der Waals surface area (Å²) in [4.78, 5) is 6.94. The van der Waals surface area contributed by atoms with Gasteiger partial charge in [-0.3, -0.25) is 0 Å². The highest BCUT2D eigenvalue weighted by atomic mass is 127. The molecule has 23 heavy (non-hydrogen) atoms. The summed E-state index contributed by atoms with van der Waals surface area (Å²) in [6.45, 7) is 5.49. The van der Waals surface area contributed by atoms with E-state index in [4.69, 9.17) is 9.73 Å². The summed E-state index contributed by atoms with van der Waals surface area (Å²) in [5.74, 6) is 0.868. The molecule has 0 amide bonds. The quantitative estimate of drug-likeness (QED) is 0.438. The summed E-state index contributed by atoms with van der Waals surface area (Å²) in [5.41, 5.74) is 1.86. The third-order valence-corrected chi connectivity index (χ3v) is 4.42. The number of aliphatic imine (C=N–C) groups is 1. The lowest BCUT2D eigenvalue weighted by Crippen LogP contribution is -2.44. The van der Waals surface area contributed by atoms with E-state index in [9.17, 15) is 5.11 Å². The van der Waals surface area contributed by atoms with E-state index in [0.29, 0.717) is 32.6 Å². The molecule has 128 valence electrons. The van der Waals surface area contributed by atoms with Crippen LogP contribution in [0.2, 0.25) is 0 Å². The maximum atomic E-state index is 10.6. The SMILES string of the molecule is CCNC(=NCC1(O)CCOCC1)N1CCc2ccccc21.I. The van der Waals surface area contributed by atoms with Gasteiger partial charge in [0.05, 0.1) is 12.1 Å². The van der Waals surface area contributed by atoms with Gasteiger partial charge in [0.25, 0.3) is 0 Å². The van der Waals surface area contributed by atoms with Crippen molar-refractivity contribution < 1.29 is 9.84 Å². The molecule has 0 aliphatic carbocycles. The van der Waals surface area contributed by atoms with Crippen LogP contribution in [0.15, 0.2) is 29.3 Å². The molecule has 2 heterocycles. The number of para-hydroxylation sites is 1. The molecule has 0 unspecified atom stereocenters. The van der Waals surface area contributed by atoms with E-state index in [-0.39, 0.29) is 24.0 Å². The van der Waals surface area contributed by atoms with Crippen LogP contribution in [0.3, 0.4) is 0 Å². The molecular formula is C17H26IN3O2. The van der Waals surface area contributed by atoms with Gasteiger partial charge in [-0.1, -0.05) is 18.2 Å². The van der Waals surface area contributed by atoms with Crippen molar-refractivity contribution in [2.24, 2.45) is 4.99 Å².